The lowest BCUT2D eigenvalue weighted by atomic mass is 10.3. The van der Waals surface area contributed by atoms with Gasteiger partial charge in [-0.1, -0.05) is 0 Å². The van der Waals surface area contributed by atoms with Gasteiger partial charge in [0.05, 0.1) is 24.2 Å². The zero-order valence-corrected chi connectivity index (χ0v) is 13.9. The molecule has 6 nitrogen and oxygen atoms in total. The van der Waals surface area contributed by atoms with E-state index in [1.807, 2.05) is 0 Å². The van der Waals surface area contributed by atoms with Crippen molar-refractivity contribution in [1.82, 2.24) is 4.72 Å². The smallest absolute Gasteiger partial charge is 0.240 e. The topological polar surface area (TPSA) is 73.9 Å². The second kappa shape index (κ2) is 7.61. The van der Waals surface area contributed by atoms with Crippen molar-refractivity contribution in [3.05, 3.63) is 24.3 Å². The summed E-state index contributed by atoms with van der Waals surface area (Å²) in [5.74, 6) is 0.726. The van der Waals surface area contributed by atoms with Crippen LogP contribution in [0.4, 0.5) is 0 Å². The van der Waals surface area contributed by atoms with Gasteiger partial charge in [0.2, 0.25) is 10.0 Å². The summed E-state index contributed by atoms with van der Waals surface area (Å²) in [6, 6.07) is 6.59. The molecule has 2 aliphatic rings. The predicted octanol–water partition coefficient (Wildman–Crippen LogP) is 2.05. The van der Waals surface area contributed by atoms with Crippen molar-refractivity contribution >= 4 is 10.0 Å². The van der Waals surface area contributed by atoms with Gasteiger partial charge in [-0.25, -0.2) is 13.1 Å². The molecule has 23 heavy (non-hydrogen) atoms. The van der Waals surface area contributed by atoms with Crippen molar-refractivity contribution < 1.29 is 22.6 Å². The summed E-state index contributed by atoms with van der Waals surface area (Å²) in [7, 11) is -3.51. The van der Waals surface area contributed by atoms with E-state index in [2.05, 4.69) is 4.72 Å². The SMILES string of the molecule is O=S(=O)(NCCC1OCCO1)c1ccc(OC2CCCC2)cc1. The van der Waals surface area contributed by atoms with Gasteiger partial charge in [0.25, 0.3) is 0 Å². The maximum Gasteiger partial charge on any atom is 0.240 e. The quantitative estimate of drug-likeness (QED) is 0.822. The van der Waals surface area contributed by atoms with Crippen molar-refractivity contribution in [3.8, 4) is 5.75 Å². The van der Waals surface area contributed by atoms with Crippen LogP contribution in [0, 0.1) is 0 Å². The Hall–Kier alpha value is -1.15. The van der Waals surface area contributed by atoms with Crippen LogP contribution in [0.3, 0.4) is 0 Å². The Morgan fingerprint density at radius 2 is 1.74 bits per heavy atom. The maximum absolute atomic E-state index is 12.2. The van der Waals surface area contributed by atoms with Gasteiger partial charge in [-0.2, -0.15) is 0 Å². The molecule has 2 fully saturated rings. The molecule has 1 heterocycles. The monoisotopic (exact) mass is 341 g/mol. The summed E-state index contributed by atoms with van der Waals surface area (Å²) < 4.78 is 43.4. The van der Waals surface area contributed by atoms with Crippen LogP contribution in [0.15, 0.2) is 29.2 Å². The van der Waals surface area contributed by atoms with Crippen LogP contribution in [0.2, 0.25) is 0 Å². The van der Waals surface area contributed by atoms with Crippen LogP contribution in [0.5, 0.6) is 5.75 Å². The van der Waals surface area contributed by atoms with Gasteiger partial charge >= 0.3 is 0 Å². The van der Waals surface area contributed by atoms with Crippen LogP contribution in [0.25, 0.3) is 0 Å². The fourth-order valence-electron chi connectivity index (χ4n) is 2.86. The average Bonchev–Trinajstić information content (AvgIpc) is 3.21. The minimum Gasteiger partial charge on any atom is -0.490 e. The molecular weight excluding hydrogens is 318 g/mol. The molecular formula is C16H23NO5S. The third-order valence-corrected chi connectivity index (χ3v) is 5.58. The van der Waals surface area contributed by atoms with Gasteiger partial charge in [0.15, 0.2) is 6.29 Å². The van der Waals surface area contributed by atoms with Crippen molar-refractivity contribution in [2.75, 3.05) is 19.8 Å². The fraction of sp³-hybridized carbons (Fsp3) is 0.625. The molecule has 1 saturated carbocycles. The summed E-state index contributed by atoms with van der Waals surface area (Å²) in [6.07, 6.45) is 5.02. The highest BCUT2D eigenvalue weighted by molar-refractivity contribution is 7.89. The average molecular weight is 341 g/mol. The van der Waals surface area contributed by atoms with Crippen LogP contribution in [-0.4, -0.2) is 40.6 Å². The first-order chi connectivity index (χ1) is 11.1. The van der Waals surface area contributed by atoms with E-state index in [-0.39, 0.29) is 23.8 Å². The number of hydrogen-bond acceptors (Lipinski definition) is 5. The van der Waals surface area contributed by atoms with Gasteiger partial charge in [-0.05, 0) is 49.9 Å². The minimum absolute atomic E-state index is 0.240. The molecule has 1 N–H and O–H groups in total. The first-order valence-electron chi connectivity index (χ1n) is 8.13. The first-order valence-corrected chi connectivity index (χ1v) is 9.61. The Labute approximate surface area is 137 Å². The van der Waals surface area contributed by atoms with Gasteiger partial charge in [-0.15, -0.1) is 0 Å². The fourth-order valence-corrected chi connectivity index (χ4v) is 3.91. The molecule has 1 aliphatic heterocycles. The Kier molecular flexibility index (Phi) is 5.53. The first kappa shape index (κ1) is 16.7. The predicted molar refractivity (Wildman–Crippen MR) is 84.8 cm³/mol. The third kappa shape index (κ3) is 4.67. The van der Waals surface area contributed by atoms with Crippen LogP contribution in [-0.2, 0) is 19.5 Å². The summed E-state index contributed by atoms with van der Waals surface area (Å²) in [6.45, 7) is 1.42. The second-order valence-corrected chi connectivity index (χ2v) is 7.62. The second-order valence-electron chi connectivity index (χ2n) is 5.85. The molecule has 1 aromatic carbocycles. The van der Waals surface area contributed by atoms with E-state index in [1.165, 1.54) is 12.8 Å². The Morgan fingerprint density at radius 1 is 1.09 bits per heavy atom. The number of rotatable bonds is 7. The van der Waals surface area contributed by atoms with Gasteiger partial charge < -0.3 is 14.2 Å². The Morgan fingerprint density at radius 3 is 2.39 bits per heavy atom. The molecule has 1 aromatic rings. The largest absolute Gasteiger partial charge is 0.490 e. The lowest BCUT2D eigenvalue weighted by Gasteiger charge is -2.14. The lowest BCUT2D eigenvalue weighted by Crippen LogP contribution is -2.27. The zero-order chi connectivity index (χ0) is 16.1. The molecule has 0 unspecified atom stereocenters. The van der Waals surface area contributed by atoms with Gasteiger partial charge in [-0.3, -0.25) is 0 Å². The highest BCUT2D eigenvalue weighted by atomic mass is 32.2. The Bertz CT molecular complexity index is 589. The molecule has 3 rings (SSSR count). The van der Waals surface area contributed by atoms with Crippen LogP contribution in [0.1, 0.15) is 32.1 Å². The van der Waals surface area contributed by atoms with Crippen LogP contribution >= 0.6 is 0 Å². The lowest BCUT2D eigenvalue weighted by molar-refractivity contribution is -0.0451. The van der Waals surface area contributed by atoms with E-state index in [1.54, 1.807) is 24.3 Å². The summed E-state index contributed by atoms with van der Waals surface area (Å²) in [5.41, 5.74) is 0. The van der Waals surface area contributed by atoms with E-state index >= 15 is 0 Å². The van der Waals surface area contributed by atoms with Crippen molar-refractivity contribution in [1.29, 1.82) is 0 Å². The van der Waals surface area contributed by atoms with Gasteiger partial charge in [0, 0.05) is 13.0 Å². The maximum atomic E-state index is 12.2. The molecule has 0 radical (unpaired) electrons. The van der Waals surface area contributed by atoms with Gasteiger partial charge in [0.1, 0.15) is 5.75 Å². The molecule has 0 atom stereocenters. The molecule has 0 aromatic heterocycles. The van der Waals surface area contributed by atoms with Crippen LogP contribution < -0.4 is 9.46 Å². The van der Waals surface area contributed by atoms with Crippen molar-refractivity contribution in [3.63, 3.8) is 0 Å². The molecule has 0 spiro atoms. The standard InChI is InChI=1S/C16H23NO5S/c18-23(19,17-10-9-16-20-11-12-21-16)15-7-5-14(6-8-15)22-13-3-1-2-4-13/h5-8,13,16-17H,1-4,9-12H2. The normalized spacial score (nSPS) is 20.2. The molecule has 0 amide bonds. The van der Waals surface area contributed by atoms with E-state index in [0.29, 0.717) is 19.6 Å². The van der Waals surface area contributed by atoms with E-state index < -0.39 is 10.0 Å². The number of sulfonamides is 1. The highest BCUT2D eigenvalue weighted by Gasteiger charge is 2.19. The minimum atomic E-state index is -3.51. The summed E-state index contributed by atoms with van der Waals surface area (Å²) >= 11 is 0. The zero-order valence-electron chi connectivity index (χ0n) is 13.1. The number of ether oxygens (including phenoxy) is 3. The van der Waals surface area contributed by atoms with E-state index in [9.17, 15) is 8.42 Å². The molecule has 128 valence electrons. The molecule has 7 heteroatoms. The number of benzene rings is 1. The van der Waals surface area contributed by atoms with Crippen molar-refractivity contribution in [2.24, 2.45) is 0 Å². The highest BCUT2D eigenvalue weighted by Crippen LogP contribution is 2.24. The summed E-state index contributed by atoms with van der Waals surface area (Å²) in [4.78, 5) is 0.240. The third-order valence-electron chi connectivity index (χ3n) is 4.10. The van der Waals surface area contributed by atoms with E-state index in [4.69, 9.17) is 14.2 Å². The molecule has 1 aliphatic carbocycles. The Balaban J connectivity index is 1.51. The number of hydrogen-bond donors (Lipinski definition) is 1. The van der Waals surface area contributed by atoms with E-state index in [0.717, 1.165) is 18.6 Å². The number of nitrogens with one attached hydrogen (secondary N) is 1. The molecule has 1 saturated heterocycles. The molecule has 0 bridgehead atoms. The van der Waals surface area contributed by atoms with Crippen molar-refractivity contribution in [2.45, 2.75) is 49.4 Å². The summed E-state index contributed by atoms with van der Waals surface area (Å²) in [5, 5.41) is 0.